The van der Waals surface area contributed by atoms with Gasteiger partial charge in [-0.05, 0) is 18.6 Å². The molecule has 1 aromatic carbocycles. The van der Waals surface area contributed by atoms with Crippen LogP contribution in [0.3, 0.4) is 0 Å². The van der Waals surface area contributed by atoms with Crippen molar-refractivity contribution in [3.8, 4) is 22.8 Å². The van der Waals surface area contributed by atoms with E-state index in [-0.39, 0.29) is 11.3 Å². The zero-order valence-corrected chi connectivity index (χ0v) is 21.2. The molecule has 4 heterocycles. The second kappa shape index (κ2) is 11.4. The van der Waals surface area contributed by atoms with Crippen LogP contribution in [0.4, 0.5) is 0 Å². The summed E-state index contributed by atoms with van der Waals surface area (Å²) in [7, 11) is 0. The maximum absolute atomic E-state index is 12.7. The number of ether oxygens (including phenoxy) is 2. The van der Waals surface area contributed by atoms with Crippen molar-refractivity contribution in [1.29, 1.82) is 0 Å². The molecule has 1 unspecified atom stereocenters. The van der Waals surface area contributed by atoms with Gasteiger partial charge in [0.2, 0.25) is 5.43 Å². The average Bonchev–Trinajstić information content (AvgIpc) is 3.43. The number of rotatable bonds is 9. The van der Waals surface area contributed by atoms with E-state index in [0.29, 0.717) is 23.9 Å². The highest BCUT2D eigenvalue weighted by atomic mass is 16.5. The van der Waals surface area contributed by atoms with E-state index in [1.54, 1.807) is 35.5 Å². The number of aromatic nitrogens is 6. The summed E-state index contributed by atoms with van der Waals surface area (Å²) in [6.07, 6.45) is 8.71. The maximum atomic E-state index is 12.7. The second-order valence-electron chi connectivity index (χ2n) is 8.96. The topological polar surface area (TPSA) is 100 Å². The summed E-state index contributed by atoms with van der Waals surface area (Å²) in [5.41, 5.74) is 2.99. The molecule has 1 aliphatic rings. The van der Waals surface area contributed by atoms with Crippen molar-refractivity contribution in [2.45, 2.75) is 26.3 Å². The summed E-state index contributed by atoms with van der Waals surface area (Å²) in [5.74, 6) is 1.02. The number of hydrogen-bond donors (Lipinski definition) is 0. The molecule has 0 saturated carbocycles. The minimum atomic E-state index is -0.219. The van der Waals surface area contributed by atoms with Crippen LogP contribution in [0, 0.1) is 0 Å². The number of aryl methyl sites for hydroxylation is 1. The van der Waals surface area contributed by atoms with Gasteiger partial charge >= 0.3 is 0 Å². The van der Waals surface area contributed by atoms with Crippen molar-refractivity contribution in [2.24, 2.45) is 0 Å². The Bertz CT molecular complexity index is 1380. The molecule has 0 radical (unpaired) electrons. The SMILES string of the molecule is CCn1cc(-n2ccc(=O)c(C(C)c3cccc(-c4ncc(OCCN5CCOCC5)cn4)c3)n2)cn1. The third-order valence-electron chi connectivity index (χ3n) is 6.51. The van der Waals surface area contributed by atoms with Crippen LogP contribution in [0.5, 0.6) is 5.75 Å². The van der Waals surface area contributed by atoms with E-state index in [4.69, 9.17) is 9.47 Å². The highest BCUT2D eigenvalue weighted by Crippen LogP contribution is 2.25. The highest BCUT2D eigenvalue weighted by molar-refractivity contribution is 5.57. The lowest BCUT2D eigenvalue weighted by Gasteiger charge is -2.26. The number of morpholine rings is 1. The predicted molar refractivity (Wildman–Crippen MR) is 139 cm³/mol. The summed E-state index contributed by atoms with van der Waals surface area (Å²) in [6, 6.07) is 9.45. The Kier molecular flexibility index (Phi) is 7.67. The van der Waals surface area contributed by atoms with Crippen LogP contribution in [-0.4, -0.2) is 73.9 Å². The molecule has 3 aromatic heterocycles. The monoisotopic (exact) mass is 501 g/mol. The zero-order chi connectivity index (χ0) is 25.6. The molecule has 4 aromatic rings. The van der Waals surface area contributed by atoms with Crippen molar-refractivity contribution >= 4 is 0 Å². The van der Waals surface area contributed by atoms with Crippen LogP contribution in [-0.2, 0) is 11.3 Å². The summed E-state index contributed by atoms with van der Waals surface area (Å²) in [6.45, 7) is 9.61. The van der Waals surface area contributed by atoms with Crippen LogP contribution in [0.25, 0.3) is 17.1 Å². The van der Waals surface area contributed by atoms with Crippen LogP contribution < -0.4 is 10.2 Å². The minimum absolute atomic E-state index is 0.105. The molecule has 1 aliphatic heterocycles. The van der Waals surface area contributed by atoms with Gasteiger partial charge in [0, 0.05) is 49.9 Å². The van der Waals surface area contributed by atoms with Crippen LogP contribution in [0.2, 0.25) is 0 Å². The molecule has 37 heavy (non-hydrogen) atoms. The van der Waals surface area contributed by atoms with Gasteiger partial charge < -0.3 is 9.47 Å². The molecular weight excluding hydrogens is 470 g/mol. The highest BCUT2D eigenvalue weighted by Gasteiger charge is 2.17. The second-order valence-corrected chi connectivity index (χ2v) is 8.96. The van der Waals surface area contributed by atoms with Crippen molar-refractivity contribution in [3.05, 3.63) is 82.8 Å². The van der Waals surface area contributed by atoms with Crippen LogP contribution >= 0.6 is 0 Å². The molecule has 0 N–H and O–H groups in total. The fourth-order valence-electron chi connectivity index (χ4n) is 4.27. The standard InChI is InChI=1S/C27H31N7O3/c1-3-33-19-23(16-30-33)34-8-7-25(35)26(31-34)20(2)21-5-4-6-22(15-21)27-28-17-24(18-29-27)37-14-11-32-9-12-36-13-10-32/h4-8,15-20H,3,9-14H2,1-2H3. The smallest absolute Gasteiger partial charge is 0.203 e. The lowest BCUT2D eigenvalue weighted by molar-refractivity contribution is 0.0322. The molecule has 1 atom stereocenters. The molecule has 10 nitrogen and oxygen atoms in total. The lowest BCUT2D eigenvalue weighted by atomic mass is 9.95. The van der Waals surface area contributed by atoms with E-state index in [2.05, 4.69) is 25.1 Å². The maximum Gasteiger partial charge on any atom is 0.203 e. The van der Waals surface area contributed by atoms with Gasteiger partial charge in [0.15, 0.2) is 11.6 Å². The van der Waals surface area contributed by atoms with Gasteiger partial charge in [0.05, 0.1) is 38.0 Å². The van der Waals surface area contributed by atoms with E-state index < -0.39 is 0 Å². The predicted octanol–water partition coefficient (Wildman–Crippen LogP) is 2.77. The van der Waals surface area contributed by atoms with E-state index in [0.717, 1.165) is 56.2 Å². The Morgan fingerprint density at radius 1 is 1.11 bits per heavy atom. The van der Waals surface area contributed by atoms with E-state index in [1.165, 1.54) is 0 Å². The zero-order valence-electron chi connectivity index (χ0n) is 21.2. The Balaban J connectivity index is 1.29. The van der Waals surface area contributed by atoms with Crippen LogP contribution in [0.1, 0.15) is 31.0 Å². The van der Waals surface area contributed by atoms with Crippen molar-refractivity contribution < 1.29 is 9.47 Å². The average molecular weight is 502 g/mol. The third kappa shape index (κ3) is 5.92. The Labute approximate surface area is 215 Å². The van der Waals surface area contributed by atoms with Crippen LogP contribution in [0.15, 0.2) is 66.1 Å². The third-order valence-corrected chi connectivity index (χ3v) is 6.51. The fraction of sp³-hybridized carbons (Fsp3) is 0.370. The number of nitrogens with zero attached hydrogens (tertiary/aromatic N) is 7. The minimum Gasteiger partial charge on any atom is -0.489 e. The summed E-state index contributed by atoms with van der Waals surface area (Å²) in [5, 5.41) is 8.94. The van der Waals surface area contributed by atoms with Crippen molar-refractivity contribution in [2.75, 3.05) is 39.5 Å². The van der Waals surface area contributed by atoms with E-state index in [1.807, 2.05) is 49.0 Å². The van der Waals surface area contributed by atoms with E-state index >= 15 is 0 Å². The van der Waals surface area contributed by atoms with Gasteiger partial charge in [-0.25, -0.2) is 14.6 Å². The quantitative estimate of drug-likeness (QED) is 0.345. The molecule has 10 heteroatoms. The Morgan fingerprint density at radius 2 is 1.92 bits per heavy atom. The first-order chi connectivity index (χ1) is 18.1. The van der Waals surface area contributed by atoms with Crippen molar-refractivity contribution in [1.82, 2.24) is 34.4 Å². The van der Waals surface area contributed by atoms with Crippen molar-refractivity contribution in [3.63, 3.8) is 0 Å². The summed E-state index contributed by atoms with van der Waals surface area (Å²) >= 11 is 0. The fourth-order valence-corrected chi connectivity index (χ4v) is 4.27. The first kappa shape index (κ1) is 24.8. The molecule has 192 valence electrons. The van der Waals surface area contributed by atoms with Gasteiger partial charge in [0.1, 0.15) is 18.0 Å². The summed E-state index contributed by atoms with van der Waals surface area (Å²) < 4.78 is 14.7. The number of benzene rings is 1. The van der Waals surface area contributed by atoms with Gasteiger partial charge in [-0.3, -0.25) is 14.4 Å². The first-order valence-corrected chi connectivity index (χ1v) is 12.6. The molecule has 0 spiro atoms. The Hall–Kier alpha value is -3.89. The first-order valence-electron chi connectivity index (χ1n) is 12.6. The van der Waals surface area contributed by atoms with Gasteiger partial charge in [-0.1, -0.05) is 25.1 Å². The molecule has 0 amide bonds. The van der Waals surface area contributed by atoms with Gasteiger partial charge in [-0.15, -0.1) is 0 Å². The number of hydrogen-bond acceptors (Lipinski definition) is 8. The molecule has 1 saturated heterocycles. The largest absolute Gasteiger partial charge is 0.489 e. The molecule has 1 fully saturated rings. The van der Waals surface area contributed by atoms with Gasteiger partial charge in [-0.2, -0.15) is 10.2 Å². The molecular formula is C27H31N7O3. The summed E-state index contributed by atoms with van der Waals surface area (Å²) in [4.78, 5) is 24.1. The van der Waals surface area contributed by atoms with E-state index in [9.17, 15) is 4.79 Å². The van der Waals surface area contributed by atoms with Gasteiger partial charge in [0.25, 0.3) is 0 Å². The molecule has 5 rings (SSSR count). The normalized spacial score (nSPS) is 15.0. The molecule has 0 aliphatic carbocycles. The lowest BCUT2D eigenvalue weighted by Crippen LogP contribution is -2.38. The Morgan fingerprint density at radius 3 is 2.68 bits per heavy atom. The molecule has 0 bridgehead atoms.